The van der Waals surface area contributed by atoms with E-state index in [1.54, 1.807) is 29.7 Å². The number of oxazole rings is 1. The Balaban J connectivity index is 1.52. The number of hydrogen-bond donors (Lipinski definition) is 1. The van der Waals surface area contributed by atoms with Gasteiger partial charge in [-0.15, -0.1) is 11.3 Å². The Morgan fingerprint density at radius 2 is 1.94 bits per heavy atom. The summed E-state index contributed by atoms with van der Waals surface area (Å²) in [7, 11) is 0. The van der Waals surface area contributed by atoms with E-state index in [9.17, 15) is 9.90 Å². The van der Waals surface area contributed by atoms with Gasteiger partial charge in [0.25, 0.3) is 0 Å². The molecule has 4 aromatic rings. The SMILES string of the molecule is Cc1oc(-c2cccc(Br)c2)nc1CN(Cc1ccc(OC(C)(C)C(=O)O)cc1)Cc1nccs1. The molecule has 0 saturated carbocycles. The molecule has 0 saturated heterocycles. The maximum absolute atomic E-state index is 11.3. The van der Waals surface area contributed by atoms with Crippen molar-refractivity contribution < 1.29 is 19.1 Å². The molecule has 7 nitrogen and oxygen atoms in total. The molecule has 0 atom stereocenters. The molecule has 182 valence electrons. The first-order valence-corrected chi connectivity index (χ1v) is 12.7. The summed E-state index contributed by atoms with van der Waals surface area (Å²) < 4.78 is 12.6. The number of benzene rings is 2. The zero-order chi connectivity index (χ0) is 25.0. The van der Waals surface area contributed by atoms with Gasteiger partial charge in [0.15, 0.2) is 5.60 Å². The summed E-state index contributed by atoms with van der Waals surface area (Å²) in [6.07, 6.45) is 1.81. The molecule has 0 radical (unpaired) electrons. The van der Waals surface area contributed by atoms with E-state index in [2.05, 4.69) is 25.8 Å². The van der Waals surface area contributed by atoms with Gasteiger partial charge in [0.2, 0.25) is 5.89 Å². The molecule has 0 amide bonds. The number of thiazole rings is 1. The van der Waals surface area contributed by atoms with E-state index in [0.29, 0.717) is 31.3 Å². The van der Waals surface area contributed by atoms with Gasteiger partial charge in [0.1, 0.15) is 16.5 Å². The van der Waals surface area contributed by atoms with Crippen LogP contribution in [0.25, 0.3) is 11.5 Å². The molecular formula is C26H26BrN3O4S. The first-order valence-electron chi connectivity index (χ1n) is 11.0. The normalized spacial score (nSPS) is 11.7. The molecule has 35 heavy (non-hydrogen) atoms. The van der Waals surface area contributed by atoms with Crippen molar-refractivity contribution >= 4 is 33.2 Å². The second-order valence-electron chi connectivity index (χ2n) is 8.66. The summed E-state index contributed by atoms with van der Waals surface area (Å²) in [5, 5.41) is 12.3. The average Bonchev–Trinajstić information content (AvgIpc) is 3.45. The molecule has 1 N–H and O–H groups in total. The lowest BCUT2D eigenvalue weighted by Gasteiger charge is -2.23. The first-order chi connectivity index (χ1) is 16.7. The number of nitrogens with zero attached hydrogens (tertiary/aromatic N) is 3. The van der Waals surface area contributed by atoms with Crippen LogP contribution in [0, 0.1) is 6.92 Å². The van der Waals surface area contributed by atoms with Gasteiger partial charge >= 0.3 is 5.97 Å². The lowest BCUT2D eigenvalue weighted by Crippen LogP contribution is -2.37. The van der Waals surface area contributed by atoms with Crippen LogP contribution in [0.4, 0.5) is 0 Å². The maximum atomic E-state index is 11.3. The number of aromatic nitrogens is 2. The van der Waals surface area contributed by atoms with Crippen LogP contribution in [0.1, 0.15) is 35.9 Å². The van der Waals surface area contributed by atoms with E-state index >= 15 is 0 Å². The number of rotatable bonds is 10. The highest BCUT2D eigenvalue weighted by molar-refractivity contribution is 9.10. The van der Waals surface area contributed by atoms with E-state index < -0.39 is 11.6 Å². The Kier molecular flexibility index (Phi) is 7.69. The molecule has 2 aromatic carbocycles. The van der Waals surface area contributed by atoms with Crippen LogP contribution in [0.2, 0.25) is 0 Å². The Labute approximate surface area is 216 Å². The smallest absolute Gasteiger partial charge is 0.347 e. The molecule has 0 fully saturated rings. The second kappa shape index (κ2) is 10.7. The third kappa shape index (κ3) is 6.56. The Bertz CT molecular complexity index is 1290. The van der Waals surface area contributed by atoms with Crippen molar-refractivity contribution in [3.8, 4) is 17.2 Å². The highest BCUT2D eigenvalue weighted by atomic mass is 79.9. The van der Waals surface area contributed by atoms with Crippen LogP contribution in [-0.2, 0) is 24.4 Å². The molecule has 4 rings (SSSR count). The van der Waals surface area contributed by atoms with E-state index in [0.717, 1.165) is 32.1 Å². The van der Waals surface area contributed by atoms with Crippen molar-refractivity contribution in [2.24, 2.45) is 0 Å². The van der Waals surface area contributed by atoms with Crippen molar-refractivity contribution in [3.63, 3.8) is 0 Å². The van der Waals surface area contributed by atoms with E-state index in [4.69, 9.17) is 14.1 Å². The van der Waals surface area contributed by atoms with Crippen LogP contribution in [-0.4, -0.2) is 31.5 Å². The fraction of sp³-hybridized carbons (Fsp3) is 0.269. The number of carbonyl (C=O) groups is 1. The number of carboxylic acids is 1. The van der Waals surface area contributed by atoms with Crippen molar-refractivity contribution in [3.05, 3.63) is 86.6 Å². The summed E-state index contributed by atoms with van der Waals surface area (Å²) in [5.41, 5.74) is 1.56. The van der Waals surface area contributed by atoms with Gasteiger partial charge in [-0.25, -0.2) is 14.8 Å². The zero-order valence-corrected chi connectivity index (χ0v) is 22.1. The zero-order valence-electron chi connectivity index (χ0n) is 19.7. The van der Waals surface area contributed by atoms with Crippen molar-refractivity contribution in [1.82, 2.24) is 14.9 Å². The molecule has 0 bridgehead atoms. The minimum atomic E-state index is -1.30. The molecule has 0 spiro atoms. The average molecular weight is 556 g/mol. The maximum Gasteiger partial charge on any atom is 0.347 e. The Morgan fingerprint density at radius 3 is 2.60 bits per heavy atom. The van der Waals surface area contributed by atoms with Gasteiger partial charge in [-0.3, -0.25) is 4.90 Å². The topological polar surface area (TPSA) is 88.7 Å². The number of aliphatic carboxylic acids is 1. The summed E-state index contributed by atoms with van der Waals surface area (Å²) >= 11 is 5.12. The highest BCUT2D eigenvalue weighted by Crippen LogP contribution is 2.26. The van der Waals surface area contributed by atoms with Crippen LogP contribution < -0.4 is 4.74 Å². The molecule has 2 aromatic heterocycles. The Morgan fingerprint density at radius 1 is 1.17 bits per heavy atom. The van der Waals surface area contributed by atoms with E-state index in [-0.39, 0.29) is 0 Å². The van der Waals surface area contributed by atoms with E-state index in [1.165, 1.54) is 13.8 Å². The van der Waals surface area contributed by atoms with Crippen molar-refractivity contribution in [2.75, 3.05) is 0 Å². The monoisotopic (exact) mass is 555 g/mol. The van der Waals surface area contributed by atoms with Crippen LogP contribution >= 0.6 is 27.3 Å². The lowest BCUT2D eigenvalue weighted by molar-refractivity contribution is -0.152. The number of halogens is 1. The van der Waals surface area contributed by atoms with Gasteiger partial charge in [0, 0.05) is 34.7 Å². The third-order valence-electron chi connectivity index (χ3n) is 5.40. The van der Waals surface area contributed by atoms with Gasteiger partial charge in [0.05, 0.1) is 12.2 Å². The van der Waals surface area contributed by atoms with Gasteiger partial charge in [-0.05, 0) is 56.7 Å². The van der Waals surface area contributed by atoms with Crippen LogP contribution in [0.5, 0.6) is 5.75 Å². The Hall–Kier alpha value is -3.01. The fourth-order valence-corrected chi connectivity index (χ4v) is 4.54. The molecule has 0 aliphatic carbocycles. The van der Waals surface area contributed by atoms with E-state index in [1.807, 2.05) is 48.7 Å². The second-order valence-corrected chi connectivity index (χ2v) is 10.6. The highest BCUT2D eigenvalue weighted by Gasteiger charge is 2.29. The van der Waals surface area contributed by atoms with Gasteiger partial charge < -0.3 is 14.3 Å². The largest absolute Gasteiger partial charge is 0.478 e. The number of ether oxygens (including phenoxy) is 1. The summed E-state index contributed by atoms with van der Waals surface area (Å²) in [4.78, 5) is 22.8. The quantitative estimate of drug-likeness (QED) is 0.245. The van der Waals surface area contributed by atoms with Crippen LogP contribution in [0.15, 0.2) is 69.0 Å². The first kappa shape index (κ1) is 25.1. The number of aryl methyl sites for hydroxylation is 1. The molecule has 9 heteroatoms. The molecule has 0 aliphatic heterocycles. The minimum absolute atomic E-state index is 0.513. The van der Waals surface area contributed by atoms with Gasteiger partial charge in [-0.1, -0.05) is 34.1 Å². The predicted octanol–water partition coefficient (Wildman–Crippen LogP) is 6.31. The van der Waals surface area contributed by atoms with Crippen LogP contribution in [0.3, 0.4) is 0 Å². The van der Waals surface area contributed by atoms with Gasteiger partial charge in [-0.2, -0.15) is 0 Å². The fourth-order valence-electron chi connectivity index (χ4n) is 3.48. The summed E-state index contributed by atoms with van der Waals surface area (Å²) in [5.74, 6) is 0.874. The molecule has 2 heterocycles. The standard InChI is InChI=1S/C26H26BrN3O4S/c1-17-22(29-24(33-17)19-5-4-6-20(27)13-19)15-30(16-23-28-11-12-35-23)14-18-7-9-21(10-8-18)34-26(2,3)25(31)32/h4-13H,14-16H2,1-3H3,(H,31,32). The summed E-state index contributed by atoms with van der Waals surface area (Å²) in [6, 6.07) is 15.4. The number of hydrogen-bond acceptors (Lipinski definition) is 7. The molecule has 0 aliphatic rings. The predicted molar refractivity (Wildman–Crippen MR) is 138 cm³/mol. The minimum Gasteiger partial charge on any atom is -0.478 e. The molecule has 0 unspecified atom stereocenters. The molecular weight excluding hydrogens is 530 g/mol. The van der Waals surface area contributed by atoms with Crippen molar-refractivity contribution in [1.29, 1.82) is 0 Å². The third-order valence-corrected chi connectivity index (χ3v) is 6.66. The lowest BCUT2D eigenvalue weighted by atomic mass is 10.1. The summed E-state index contributed by atoms with van der Waals surface area (Å²) in [6.45, 7) is 6.90. The van der Waals surface area contributed by atoms with Crippen molar-refractivity contribution in [2.45, 2.75) is 46.0 Å². The number of carboxylic acid groups (broad SMARTS) is 1.